The molecule has 0 aromatic carbocycles. The molecule has 8 heteroatoms. The average Bonchev–Trinajstić information content (AvgIpc) is 2.67. The molecular formula is C10H19F3N2O2S. The molecule has 108 valence electrons. The van der Waals surface area contributed by atoms with E-state index in [0.29, 0.717) is 12.5 Å². The van der Waals surface area contributed by atoms with Gasteiger partial charge in [-0.2, -0.15) is 13.2 Å². The standard InChI is InChI=1S/C10H19F3N2O2S/c11-10(12,13)4-1-7-18(16,17)15-6-3-9-2-5-14-8-9/h9,14-15H,1-8H2. The van der Waals surface area contributed by atoms with E-state index in [1.807, 2.05) is 0 Å². The van der Waals surface area contributed by atoms with Crippen molar-refractivity contribution in [1.29, 1.82) is 0 Å². The smallest absolute Gasteiger partial charge is 0.316 e. The Bertz CT molecular complexity index is 338. The number of alkyl halides is 3. The fourth-order valence-electron chi connectivity index (χ4n) is 1.91. The summed E-state index contributed by atoms with van der Waals surface area (Å²) in [5, 5.41) is 3.17. The molecule has 4 nitrogen and oxygen atoms in total. The maximum atomic E-state index is 11.9. The SMILES string of the molecule is O=S(=O)(CCCC(F)(F)F)NCCC1CCNC1. The van der Waals surface area contributed by atoms with Gasteiger partial charge >= 0.3 is 6.18 Å². The normalized spacial score (nSPS) is 21.4. The van der Waals surface area contributed by atoms with Crippen LogP contribution in [0.15, 0.2) is 0 Å². The third kappa shape index (κ3) is 7.17. The molecule has 1 fully saturated rings. The van der Waals surface area contributed by atoms with Crippen LogP contribution in [0.25, 0.3) is 0 Å². The molecule has 1 unspecified atom stereocenters. The van der Waals surface area contributed by atoms with Crippen LogP contribution in [0.1, 0.15) is 25.7 Å². The minimum atomic E-state index is -4.29. The summed E-state index contributed by atoms with van der Waals surface area (Å²) in [5.41, 5.74) is 0. The van der Waals surface area contributed by atoms with Crippen LogP contribution in [0.3, 0.4) is 0 Å². The van der Waals surface area contributed by atoms with Crippen LogP contribution in [0.4, 0.5) is 13.2 Å². The van der Waals surface area contributed by atoms with E-state index in [9.17, 15) is 21.6 Å². The molecule has 0 aromatic heterocycles. The first-order valence-electron chi connectivity index (χ1n) is 6.03. The van der Waals surface area contributed by atoms with Crippen molar-refractivity contribution in [1.82, 2.24) is 10.0 Å². The van der Waals surface area contributed by atoms with Gasteiger partial charge in [0.25, 0.3) is 0 Å². The monoisotopic (exact) mass is 288 g/mol. The second-order valence-electron chi connectivity index (χ2n) is 4.58. The molecule has 0 aliphatic carbocycles. The fraction of sp³-hybridized carbons (Fsp3) is 1.00. The van der Waals surface area contributed by atoms with Crippen molar-refractivity contribution in [3.63, 3.8) is 0 Å². The molecule has 18 heavy (non-hydrogen) atoms. The minimum Gasteiger partial charge on any atom is -0.316 e. The Labute approximate surface area is 105 Å². The predicted octanol–water partition coefficient (Wildman–Crippen LogP) is 1.25. The first-order chi connectivity index (χ1) is 8.29. The summed E-state index contributed by atoms with van der Waals surface area (Å²) in [6, 6.07) is 0. The molecule has 1 saturated heterocycles. The van der Waals surface area contributed by atoms with Crippen molar-refractivity contribution >= 4 is 10.0 Å². The van der Waals surface area contributed by atoms with Gasteiger partial charge in [-0.3, -0.25) is 0 Å². The van der Waals surface area contributed by atoms with E-state index in [1.165, 1.54) is 0 Å². The number of rotatable bonds is 7. The highest BCUT2D eigenvalue weighted by Crippen LogP contribution is 2.21. The number of nitrogens with one attached hydrogen (secondary N) is 2. The molecule has 0 bridgehead atoms. The van der Waals surface area contributed by atoms with Crippen LogP contribution in [0.5, 0.6) is 0 Å². The number of halogens is 3. The Hall–Kier alpha value is -0.340. The Morgan fingerprint density at radius 2 is 2.06 bits per heavy atom. The summed E-state index contributed by atoms with van der Waals surface area (Å²) in [6.45, 7) is 2.14. The first-order valence-corrected chi connectivity index (χ1v) is 7.68. The molecule has 0 aromatic rings. The van der Waals surface area contributed by atoms with Gasteiger partial charge in [-0.25, -0.2) is 13.1 Å². The molecule has 0 spiro atoms. The van der Waals surface area contributed by atoms with Crippen molar-refractivity contribution in [2.24, 2.45) is 5.92 Å². The molecule has 2 N–H and O–H groups in total. The van der Waals surface area contributed by atoms with E-state index in [-0.39, 0.29) is 6.42 Å². The van der Waals surface area contributed by atoms with Gasteiger partial charge < -0.3 is 5.32 Å². The third-order valence-corrected chi connectivity index (χ3v) is 4.38. The van der Waals surface area contributed by atoms with E-state index in [1.54, 1.807) is 0 Å². The summed E-state index contributed by atoms with van der Waals surface area (Å²) in [6.07, 6.45) is -3.98. The van der Waals surface area contributed by atoms with E-state index < -0.39 is 28.4 Å². The summed E-state index contributed by atoms with van der Waals surface area (Å²) < 4.78 is 60.7. The van der Waals surface area contributed by atoms with Crippen molar-refractivity contribution in [3.8, 4) is 0 Å². The largest absolute Gasteiger partial charge is 0.389 e. The molecule has 1 atom stereocenters. The molecule has 1 heterocycles. The van der Waals surface area contributed by atoms with Crippen molar-refractivity contribution < 1.29 is 21.6 Å². The molecule has 1 aliphatic heterocycles. The maximum Gasteiger partial charge on any atom is 0.389 e. The molecular weight excluding hydrogens is 269 g/mol. The Balaban J connectivity index is 2.14. The zero-order valence-electron chi connectivity index (χ0n) is 10.1. The fourth-order valence-corrected chi connectivity index (χ4v) is 3.01. The summed E-state index contributed by atoms with van der Waals surface area (Å²) in [7, 11) is -3.57. The highest BCUT2D eigenvalue weighted by atomic mass is 32.2. The van der Waals surface area contributed by atoms with Crippen molar-refractivity contribution in [3.05, 3.63) is 0 Å². The quantitative estimate of drug-likeness (QED) is 0.741. The van der Waals surface area contributed by atoms with Gasteiger partial charge in [-0.1, -0.05) is 0 Å². The predicted molar refractivity (Wildman–Crippen MR) is 62.7 cm³/mol. The first kappa shape index (κ1) is 15.7. The van der Waals surface area contributed by atoms with Gasteiger partial charge in [0.1, 0.15) is 0 Å². The lowest BCUT2D eigenvalue weighted by Crippen LogP contribution is -2.29. The second-order valence-corrected chi connectivity index (χ2v) is 6.51. The zero-order chi connectivity index (χ0) is 13.6. The van der Waals surface area contributed by atoms with Crippen LogP contribution >= 0.6 is 0 Å². The Morgan fingerprint density at radius 1 is 1.33 bits per heavy atom. The minimum absolute atomic E-state index is 0.306. The second kappa shape index (κ2) is 6.72. The van der Waals surface area contributed by atoms with Crippen LogP contribution in [0, 0.1) is 5.92 Å². The summed E-state index contributed by atoms with van der Waals surface area (Å²) in [4.78, 5) is 0. The lowest BCUT2D eigenvalue weighted by molar-refractivity contribution is -0.134. The van der Waals surface area contributed by atoms with Crippen molar-refractivity contribution in [2.75, 3.05) is 25.4 Å². The van der Waals surface area contributed by atoms with Gasteiger partial charge in [0.05, 0.1) is 5.75 Å². The molecule has 0 radical (unpaired) electrons. The van der Waals surface area contributed by atoms with Crippen LogP contribution in [0.2, 0.25) is 0 Å². The number of hydrogen-bond donors (Lipinski definition) is 2. The van der Waals surface area contributed by atoms with Crippen LogP contribution in [-0.4, -0.2) is 40.0 Å². The van der Waals surface area contributed by atoms with Gasteiger partial charge in [0.2, 0.25) is 10.0 Å². The number of hydrogen-bond acceptors (Lipinski definition) is 3. The van der Waals surface area contributed by atoms with Gasteiger partial charge in [0.15, 0.2) is 0 Å². The average molecular weight is 288 g/mol. The van der Waals surface area contributed by atoms with Crippen molar-refractivity contribution in [2.45, 2.75) is 31.9 Å². The van der Waals surface area contributed by atoms with Gasteiger partial charge in [0, 0.05) is 13.0 Å². The number of sulfonamides is 1. The van der Waals surface area contributed by atoms with Crippen LogP contribution < -0.4 is 10.0 Å². The zero-order valence-corrected chi connectivity index (χ0v) is 10.9. The molecule has 1 rings (SSSR count). The van der Waals surface area contributed by atoms with E-state index in [2.05, 4.69) is 10.0 Å². The van der Waals surface area contributed by atoms with E-state index in [0.717, 1.165) is 25.9 Å². The third-order valence-electron chi connectivity index (χ3n) is 2.91. The highest BCUT2D eigenvalue weighted by Gasteiger charge is 2.27. The Morgan fingerprint density at radius 3 is 2.61 bits per heavy atom. The summed E-state index contributed by atoms with van der Waals surface area (Å²) in [5.74, 6) is -0.00187. The molecule has 0 saturated carbocycles. The highest BCUT2D eigenvalue weighted by molar-refractivity contribution is 7.89. The van der Waals surface area contributed by atoms with E-state index in [4.69, 9.17) is 0 Å². The van der Waals surface area contributed by atoms with Gasteiger partial charge in [-0.15, -0.1) is 0 Å². The molecule has 0 amide bonds. The van der Waals surface area contributed by atoms with Crippen LogP contribution in [-0.2, 0) is 10.0 Å². The summed E-state index contributed by atoms with van der Waals surface area (Å²) >= 11 is 0. The maximum absolute atomic E-state index is 11.9. The lowest BCUT2D eigenvalue weighted by atomic mass is 10.1. The Kier molecular flexibility index (Phi) is 5.87. The lowest BCUT2D eigenvalue weighted by Gasteiger charge is -2.10. The van der Waals surface area contributed by atoms with E-state index >= 15 is 0 Å². The van der Waals surface area contributed by atoms with Gasteiger partial charge in [-0.05, 0) is 38.3 Å². The molecule has 1 aliphatic rings. The topological polar surface area (TPSA) is 58.2 Å².